The predicted molar refractivity (Wildman–Crippen MR) is 92.0 cm³/mol. The van der Waals surface area contributed by atoms with E-state index in [9.17, 15) is 13.2 Å². The van der Waals surface area contributed by atoms with Gasteiger partial charge in [-0.3, -0.25) is 4.90 Å². The topological polar surface area (TPSA) is 33.7 Å². The van der Waals surface area contributed by atoms with Gasteiger partial charge in [-0.15, -0.1) is 0 Å². The molecule has 2 aromatic rings. The first-order valence-electron chi connectivity index (χ1n) is 8.39. The molecule has 4 nitrogen and oxygen atoms in total. The number of hydrogen-bond donors (Lipinski definition) is 1. The highest BCUT2D eigenvalue weighted by molar-refractivity contribution is 5.37. The van der Waals surface area contributed by atoms with E-state index < -0.39 is 18.2 Å². The smallest absolute Gasteiger partial charge is 0.387 e. The van der Waals surface area contributed by atoms with Gasteiger partial charge in [-0.05, 0) is 23.8 Å². The number of halogens is 3. The molecule has 1 aliphatic rings. The Morgan fingerprint density at radius 1 is 1.19 bits per heavy atom. The molecule has 1 atom stereocenters. The quantitative estimate of drug-likeness (QED) is 0.847. The van der Waals surface area contributed by atoms with Crippen molar-refractivity contribution >= 4 is 0 Å². The van der Waals surface area contributed by atoms with Crippen LogP contribution in [0.4, 0.5) is 13.2 Å². The van der Waals surface area contributed by atoms with E-state index in [1.54, 1.807) is 13.2 Å². The van der Waals surface area contributed by atoms with Crippen LogP contribution in [0.3, 0.4) is 0 Å². The molecule has 0 radical (unpaired) electrons. The van der Waals surface area contributed by atoms with Gasteiger partial charge in [0, 0.05) is 31.7 Å². The zero-order chi connectivity index (χ0) is 18.5. The number of nitrogens with one attached hydrogen (secondary N) is 1. The molecular formula is C19H21F3N2O2. The molecule has 0 saturated carbocycles. The molecule has 1 heterocycles. The molecule has 7 heteroatoms. The maximum atomic E-state index is 14.0. The van der Waals surface area contributed by atoms with Crippen LogP contribution in [0.1, 0.15) is 17.2 Å². The average molecular weight is 366 g/mol. The van der Waals surface area contributed by atoms with Crippen molar-refractivity contribution < 1.29 is 22.6 Å². The summed E-state index contributed by atoms with van der Waals surface area (Å²) in [5.41, 5.74) is 1.76. The average Bonchev–Trinajstić information content (AvgIpc) is 2.64. The number of piperazine rings is 1. The van der Waals surface area contributed by atoms with Crippen LogP contribution in [0.15, 0.2) is 42.5 Å². The SMILES string of the molecule is COc1ccccc1C1CNCCN1Cc1ccc(OC(F)F)c(F)c1. The van der Waals surface area contributed by atoms with Crippen molar-refractivity contribution in [2.24, 2.45) is 0 Å². The molecule has 0 aliphatic carbocycles. The summed E-state index contributed by atoms with van der Waals surface area (Å²) in [5, 5.41) is 3.37. The summed E-state index contributed by atoms with van der Waals surface area (Å²) in [5.74, 6) is -0.421. The minimum atomic E-state index is -3.04. The van der Waals surface area contributed by atoms with Crippen LogP contribution in [-0.2, 0) is 6.54 Å². The molecule has 2 aromatic carbocycles. The lowest BCUT2D eigenvalue weighted by molar-refractivity contribution is -0.0522. The van der Waals surface area contributed by atoms with Crippen LogP contribution < -0.4 is 14.8 Å². The number of methoxy groups -OCH3 is 1. The number of benzene rings is 2. The third kappa shape index (κ3) is 4.28. The van der Waals surface area contributed by atoms with Crippen LogP contribution in [0.5, 0.6) is 11.5 Å². The fraction of sp³-hybridized carbons (Fsp3) is 0.368. The van der Waals surface area contributed by atoms with E-state index in [1.165, 1.54) is 12.1 Å². The van der Waals surface area contributed by atoms with Gasteiger partial charge in [-0.2, -0.15) is 8.78 Å². The largest absolute Gasteiger partial charge is 0.496 e. The van der Waals surface area contributed by atoms with Crippen LogP contribution in [0.25, 0.3) is 0 Å². The molecule has 1 aliphatic heterocycles. The fourth-order valence-electron chi connectivity index (χ4n) is 3.25. The van der Waals surface area contributed by atoms with Gasteiger partial charge in [0.05, 0.1) is 13.2 Å². The Labute approximate surface area is 150 Å². The Morgan fingerprint density at radius 3 is 2.73 bits per heavy atom. The molecule has 1 saturated heterocycles. The third-order valence-electron chi connectivity index (χ3n) is 4.45. The Bertz CT molecular complexity index is 742. The van der Waals surface area contributed by atoms with Crippen molar-refractivity contribution in [2.75, 3.05) is 26.7 Å². The van der Waals surface area contributed by atoms with Crippen molar-refractivity contribution in [3.8, 4) is 11.5 Å². The third-order valence-corrected chi connectivity index (χ3v) is 4.45. The van der Waals surface area contributed by atoms with Crippen molar-refractivity contribution in [3.05, 3.63) is 59.4 Å². The Morgan fingerprint density at radius 2 is 2.00 bits per heavy atom. The lowest BCUT2D eigenvalue weighted by atomic mass is 10.0. The molecule has 0 amide bonds. The van der Waals surface area contributed by atoms with Crippen LogP contribution in [-0.4, -0.2) is 38.3 Å². The summed E-state index contributed by atoms with van der Waals surface area (Å²) in [7, 11) is 1.64. The number of alkyl halides is 2. The Kier molecular flexibility index (Phi) is 6.00. The zero-order valence-corrected chi connectivity index (χ0v) is 14.4. The Balaban J connectivity index is 1.79. The molecule has 0 spiro atoms. The molecule has 1 N–H and O–H groups in total. The van der Waals surface area contributed by atoms with Gasteiger partial charge < -0.3 is 14.8 Å². The molecule has 0 bridgehead atoms. The van der Waals surface area contributed by atoms with E-state index in [4.69, 9.17) is 4.74 Å². The van der Waals surface area contributed by atoms with E-state index in [2.05, 4.69) is 15.0 Å². The zero-order valence-electron chi connectivity index (χ0n) is 14.4. The summed E-state index contributed by atoms with van der Waals surface area (Å²) in [6.07, 6.45) is 0. The number of hydrogen-bond acceptors (Lipinski definition) is 4. The maximum absolute atomic E-state index is 14.0. The minimum absolute atomic E-state index is 0.0694. The van der Waals surface area contributed by atoms with Gasteiger partial charge in [0.1, 0.15) is 5.75 Å². The summed E-state index contributed by atoms with van der Waals surface area (Å²) >= 11 is 0. The van der Waals surface area contributed by atoms with Crippen LogP contribution in [0, 0.1) is 5.82 Å². The van der Waals surface area contributed by atoms with Gasteiger partial charge in [-0.25, -0.2) is 4.39 Å². The molecule has 140 valence electrons. The van der Waals surface area contributed by atoms with Crippen molar-refractivity contribution in [1.82, 2.24) is 10.2 Å². The summed E-state index contributed by atoms with van der Waals surface area (Å²) < 4.78 is 48.2. The Hall–Kier alpha value is -2.25. The van der Waals surface area contributed by atoms with E-state index in [1.807, 2.05) is 24.3 Å². The minimum Gasteiger partial charge on any atom is -0.496 e. The summed E-state index contributed by atoms with van der Waals surface area (Å²) in [4.78, 5) is 2.22. The molecule has 26 heavy (non-hydrogen) atoms. The van der Waals surface area contributed by atoms with Gasteiger partial charge in [0.15, 0.2) is 11.6 Å². The lowest BCUT2D eigenvalue weighted by Crippen LogP contribution is -2.45. The number of nitrogens with zero attached hydrogens (tertiary/aromatic N) is 1. The van der Waals surface area contributed by atoms with Gasteiger partial charge in [0.2, 0.25) is 0 Å². The lowest BCUT2D eigenvalue weighted by Gasteiger charge is -2.37. The second-order valence-corrected chi connectivity index (χ2v) is 6.08. The summed E-state index contributed by atoms with van der Waals surface area (Å²) in [6.45, 7) is -0.204. The first kappa shape index (κ1) is 18.5. The first-order valence-corrected chi connectivity index (χ1v) is 8.39. The van der Waals surface area contributed by atoms with Crippen molar-refractivity contribution in [2.45, 2.75) is 19.2 Å². The molecule has 1 fully saturated rings. The van der Waals surface area contributed by atoms with E-state index in [0.717, 1.165) is 30.9 Å². The maximum Gasteiger partial charge on any atom is 0.387 e. The highest BCUT2D eigenvalue weighted by Crippen LogP contribution is 2.31. The molecule has 3 rings (SSSR count). The fourth-order valence-corrected chi connectivity index (χ4v) is 3.25. The van der Waals surface area contributed by atoms with Crippen LogP contribution in [0.2, 0.25) is 0 Å². The number of rotatable bonds is 6. The van der Waals surface area contributed by atoms with Gasteiger partial charge in [-0.1, -0.05) is 24.3 Å². The first-order chi connectivity index (χ1) is 12.6. The molecule has 1 unspecified atom stereocenters. The van der Waals surface area contributed by atoms with Crippen LogP contribution >= 0.6 is 0 Å². The normalized spacial score (nSPS) is 18.1. The van der Waals surface area contributed by atoms with E-state index >= 15 is 0 Å². The predicted octanol–water partition coefficient (Wildman–Crippen LogP) is 3.58. The number of ether oxygens (including phenoxy) is 2. The molecular weight excluding hydrogens is 345 g/mol. The highest BCUT2D eigenvalue weighted by atomic mass is 19.3. The molecule has 0 aromatic heterocycles. The van der Waals surface area contributed by atoms with E-state index in [0.29, 0.717) is 12.1 Å². The van der Waals surface area contributed by atoms with Crippen molar-refractivity contribution in [3.63, 3.8) is 0 Å². The van der Waals surface area contributed by atoms with Gasteiger partial charge >= 0.3 is 6.61 Å². The second-order valence-electron chi connectivity index (χ2n) is 6.08. The van der Waals surface area contributed by atoms with Crippen molar-refractivity contribution in [1.29, 1.82) is 0 Å². The highest BCUT2D eigenvalue weighted by Gasteiger charge is 2.26. The standard InChI is InChI=1S/C19H21F3N2O2/c1-25-17-5-3-2-4-14(17)16-11-23-8-9-24(16)12-13-6-7-18(15(20)10-13)26-19(21)22/h2-7,10,16,19,23H,8-9,11-12H2,1H3. The van der Waals surface area contributed by atoms with Gasteiger partial charge in [0.25, 0.3) is 0 Å². The van der Waals surface area contributed by atoms with E-state index in [-0.39, 0.29) is 6.04 Å². The summed E-state index contributed by atoms with van der Waals surface area (Å²) in [6, 6.07) is 12.0. The second kappa shape index (κ2) is 8.42. The number of para-hydroxylation sites is 1. The monoisotopic (exact) mass is 366 g/mol.